The van der Waals surface area contributed by atoms with E-state index in [-0.39, 0.29) is 17.9 Å². The molecule has 2 fully saturated rings. The van der Waals surface area contributed by atoms with Gasteiger partial charge < -0.3 is 14.4 Å². The number of benzene rings is 1. The van der Waals surface area contributed by atoms with E-state index in [1.54, 1.807) is 0 Å². The molecule has 3 aliphatic heterocycles. The van der Waals surface area contributed by atoms with Crippen molar-refractivity contribution in [2.45, 2.75) is 32.8 Å². The molecule has 2 amide bonds. The van der Waals surface area contributed by atoms with E-state index in [1.807, 2.05) is 38.1 Å². The van der Waals surface area contributed by atoms with E-state index in [0.29, 0.717) is 37.6 Å². The van der Waals surface area contributed by atoms with E-state index in [4.69, 9.17) is 9.47 Å². The maximum Gasteiger partial charge on any atom is 0.277 e. The molecule has 4 rings (SSSR count). The number of ether oxygens (including phenoxy) is 2. The first kappa shape index (κ1) is 20.9. The molecule has 0 N–H and O–H groups in total. The number of morpholine rings is 1. The summed E-state index contributed by atoms with van der Waals surface area (Å²) >= 11 is 0. The third-order valence-corrected chi connectivity index (χ3v) is 5.82. The first-order valence-electron chi connectivity index (χ1n) is 11.0. The van der Waals surface area contributed by atoms with Gasteiger partial charge in [-0.15, -0.1) is 0 Å². The number of amides is 2. The molecule has 30 heavy (non-hydrogen) atoms. The highest BCUT2D eigenvalue weighted by atomic mass is 16.5. The van der Waals surface area contributed by atoms with E-state index in [2.05, 4.69) is 9.80 Å². The fourth-order valence-electron chi connectivity index (χ4n) is 4.30. The molecule has 0 spiro atoms. The molecule has 1 aromatic rings. The van der Waals surface area contributed by atoms with E-state index < -0.39 is 0 Å². The summed E-state index contributed by atoms with van der Waals surface area (Å²) in [4.78, 5) is 32.4. The van der Waals surface area contributed by atoms with Gasteiger partial charge in [0, 0.05) is 39.3 Å². The number of likely N-dealkylation sites (tertiary alicyclic amines) is 1. The van der Waals surface area contributed by atoms with Gasteiger partial charge in [0.05, 0.1) is 24.9 Å². The summed E-state index contributed by atoms with van der Waals surface area (Å²) < 4.78 is 11.1. The maximum absolute atomic E-state index is 13.4. The minimum absolute atomic E-state index is 0.0839. The van der Waals surface area contributed by atoms with Crippen LogP contribution in [0.25, 0.3) is 5.57 Å². The lowest BCUT2D eigenvalue weighted by Crippen LogP contribution is -2.44. The molecule has 7 heteroatoms. The van der Waals surface area contributed by atoms with E-state index in [9.17, 15) is 9.59 Å². The van der Waals surface area contributed by atoms with Crippen LogP contribution in [0.2, 0.25) is 0 Å². The van der Waals surface area contributed by atoms with Gasteiger partial charge in [-0.1, -0.05) is 12.1 Å². The predicted octanol–water partition coefficient (Wildman–Crippen LogP) is 1.98. The summed E-state index contributed by atoms with van der Waals surface area (Å²) in [5, 5.41) is 0. The molecule has 1 aromatic carbocycles. The van der Waals surface area contributed by atoms with Crippen molar-refractivity contribution in [2.24, 2.45) is 0 Å². The Morgan fingerprint density at radius 2 is 1.60 bits per heavy atom. The van der Waals surface area contributed by atoms with Crippen LogP contribution in [0.4, 0.5) is 0 Å². The van der Waals surface area contributed by atoms with Crippen molar-refractivity contribution in [2.75, 3.05) is 52.5 Å². The van der Waals surface area contributed by atoms with Gasteiger partial charge >= 0.3 is 0 Å². The minimum Gasteiger partial charge on any atom is -0.491 e. The summed E-state index contributed by atoms with van der Waals surface area (Å²) in [5.41, 5.74) is 1.87. The van der Waals surface area contributed by atoms with Crippen molar-refractivity contribution < 1.29 is 19.1 Å². The van der Waals surface area contributed by atoms with Gasteiger partial charge in [0.2, 0.25) is 0 Å². The van der Waals surface area contributed by atoms with Crippen molar-refractivity contribution in [1.82, 2.24) is 14.7 Å². The lowest BCUT2D eigenvalue weighted by molar-refractivity contribution is -0.137. The molecule has 3 aliphatic rings. The van der Waals surface area contributed by atoms with Crippen LogP contribution in [0.3, 0.4) is 0 Å². The first-order chi connectivity index (χ1) is 14.5. The van der Waals surface area contributed by atoms with Gasteiger partial charge in [-0.3, -0.25) is 19.4 Å². The molecule has 0 atom stereocenters. The number of hydrogen-bond acceptors (Lipinski definition) is 6. The highest BCUT2D eigenvalue weighted by Gasteiger charge is 2.42. The van der Waals surface area contributed by atoms with Crippen LogP contribution in [0, 0.1) is 0 Å². The Bertz CT molecular complexity index is 806. The highest BCUT2D eigenvalue weighted by molar-refractivity contribution is 6.35. The van der Waals surface area contributed by atoms with Crippen molar-refractivity contribution in [3.63, 3.8) is 0 Å². The number of hydrogen-bond donors (Lipinski definition) is 0. The van der Waals surface area contributed by atoms with Gasteiger partial charge in [-0.25, -0.2) is 0 Å². The Morgan fingerprint density at radius 1 is 0.933 bits per heavy atom. The Morgan fingerprint density at radius 3 is 2.23 bits per heavy atom. The topological polar surface area (TPSA) is 62.3 Å². The second-order valence-electron chi connectivity index (χ2n) is 8.32. The predicted molar refractivity (Wildman–Crippen MR) is 114 cm³/mol. The summed E-state index contributed by atoms with van der Waals surface area (Å²) in [6.07, 6.45) is 2.18. The highest BCUT2D eigenvalue weighted by Crippen LogP contribution is 2.34. The van der Waals surface area contributed by atoms with E-state index in [0.717, 1.165) is 50.3 Å². The smallest absolute Gasteiger partial charge is 0.277 e. The molecular weight excluding hydrogens is 382 g/mol. The Balaban J connectivity index is 1.57. The zero-order valence-corrected chi connectivity index (χ0v) is 17.9. The zero-order valence-electron chi connectivity index (χ0n) is 17.9. The maximum atomic E-state index is 13.4. The fraction of sp³-hybridized carbons (Fsp3) is 0.565. The number of rotatable bonds is 7. The Hall–Kier alpha value is -2.38. The lowest BCUT2D eigenvalue weighted by atomic mass is 10.0. The Kier molecular flexibility index (Phi) is 6.39. The second kappa shape index (κ2) is 9.18. The van der Waals surface area contributed by atoms with Crippen LogP contribution >= 0.6 is 0 Å². The SMILES string of the molecule is CC(C)Oc1ccc(C2=C(N3CCCC3)C(=O)N(CCN3CCOCC3)C2=O)cc1. The second-order valence-corrected chi connectivity index (χ2v) is 8.32. The summed E-state index contributed by atoms with van der Waals surface area (Å²) in [7, 11) is 0. The van der Waals surface area contributed by atoms with E-state index in [1.165, 1.54) is 4.90 Å². The fourth-order valence-corrected chi connectivity index (χ4v) is 4.30. The third kappa shape index (κ3) is 4.37. The summed E-state index contributed by atoms with van der Waals surface area (Å²) in [6.45, 7) is 9.79. The third-order valence-electron chi connectivity index (χ3n) is 5.82. The quantitative estimate of drug-likeness (QED) is 0.637. The first-order valence-corrected chi connectivity index (χ1v) is 11.0. The molecule has 0 bridgehead atoms. The van der Waals surface area contributed by atoms with Gasteiger partial charge in [-0.05, 0) is 44.4 Å². The molecule has 7 nitrogen and oxygen atoms in total. The van der Waals surface area contributed by atoms with Gasteiger partial charge in [0.1, 0.15) is 11.4 Å². The van der Waals surface area contributed by atoms with Crippen molar-refractivity contribution in [3.8, 4) is 5.75 Å². The number of carbonyl (C=O) groups is 2. The van der Waals surface area contributed by atoms with Crippen LogP contribution in [0.5, 0.6) is 5.75 Å². The summed E-state index contributed by atoms with van der Waals surface area (Å²) in [5.74, 6) is 0.415. The Labute approximate surface area is 178 Å². The molecular formula is C23H31N3O4. The monoisotopic (exact) mass is 413 g/mol. The molecule has 0 aromatic heterocycles. The molecule has 0 aliphatic carbocycles. The van der Waals surface area contributed by atoms with Crippen LogP contribution in [0.1, 0.15) is 32.3 Å². The molecule has 2 saturated heterocycles. The molecule has 162 valence electrons. The molecule has 0 unspecified atom stereocenters. The van der Waals surface area contributed by atoms with Crippen LogP contribution in [-0.2, 0) is 14.3 Å². The number of nitrogens with zero attached hydrogens (tertiary/aromatic N) is 3. The van der Waals surface area contributed by atoms with Crippen molar-refractivity contribution >= 4 is 17.4 Å². The van der Waals surface area contributed by atoms with E-state index >= 15 is 0 Å². The van der Waals surface area contributed by atoms with Gasteiger partial charge in [-0.2, -0.15) is 0 Å². The minimum atomic E-state index is -0.187. The molecule has 0 radical (unpaired) electrons. The van der Waals surface area contributed by atoms with Crippen LogP contribution in [-0.4, -0.2) is 85.1 Å². The number of imide groups is 1. The largest absolute Gasteiger partial charge is 0.491 e. The average Bonchev–Trinajstić information content (AvgIpc) is 3.34. The van der Waals surface area contributed by atoms with Crippen molar-refractivity contribution in [3.05, 3.63) is 35.5 Å². The van der Waals surface area contributed by atoms with Crippen molar-refractivity contribution in [1.29, 1.82) is 0 Å². The normalized spacial score (nSPS) is 20.8. The number of carbonyl (C=O) groups excluding carboxylic acids is 2. The average molecular weight is 414 g/mol. The molecule has 3 heterocycles. The van der Waals surface area contributed by atoms with Gasteiger partial charge in [0.15, 0.2) is 0 Å². The zero-order chi connectivity index (χ0) is 21.1. The lowest BCUT2D eigenvalue weighted by Gasteiger charge is -2.28. The standard InChI is InChI=1S/C23H31N3O4/c1-17(2)30-19-7-5-18(6-8-19)20-21(25-9-3-4-10-25)23(28)26(22(20)27)12-11-24-13-15-29-16-14-24/h5-8,17H,3-4,9-16H2,1-2H3. The molecule has 0 saturated carbocycles. The van der Waals surface area contributed by atoms with Gasteiger partial charge in [0.25, 0.3) is 11.8 Å². The van der Waals surface area contributed by atoms with Crippen LogP contribution < -0.4 is 4.74 Å². The van der Waals surface area contributed by atoms with Crippen LogP contribution in [0.15, 0.2) is 30.0 Å². The summed E-state index contributed by atoms with van der Waals surface area (Å²) in [6, 6.07) is 7.52.